The van der Waals surface area contributed by atoms with Gasteiger partial charge in [0.05, 0.1) is 5.56 Å². The van der Waals surface area contributed by atoms with Gasteiger partial charge in [-0.2, -0.15) is 4.98 Å². The number of thioether (sulfide) groups is 1. The number of ether oxygens (including phenoxy) is 1. The molecule has 1 aromatic heterocycles. The van der Waals surface area contributed by atoms with Crippen LogP contribution in [0.2, 0.25) is 0 Å². The monoisotopic (exact) mass is 381 g/mol. The van der Waals surface area contributed by atoms with Crippen LogP contribution in [-0.2, 0) is 11.8 Å². The van der Waals surface area contributed by atoms with Crippen molar-refractivity contribution in [3.63, 3.8) is 0 Å². The Morgan fingerprint density at radius 1 is 1.44 bits per heavy atom. The lowest BCUT2D eigenvalue weighted by molar-refractivity contribution is -0.116. The van der Waals surface area contributed by atoms with Gasteiger partial charge < -0.3 is 14.6 Å². The fraction of sp³-hybridized carbons (Fsp3) is 0.250. The van der Waals surface area contributed by atoms with Crippen LogP contribution in [0, 0.1) is 12.3 Å². The van der Waals surface area contributed by atoms with Crippen LogP contribution in [0.25, 0.3) is 0 Å². The highest BCUT2D eigenvalue weighted by molar-refractivity contribution is 7.99. The van der Waals surface area contributed by atoms with Gasteiger partial charge in [-0.1, -0.05) is 35.9 Å². The van der Waals surface area contributed by atoms with Crippen LogP contribution < -0.4 is 15.6 Å². The first-order chi connectivity index (χ1) is 13.0. The lowest BCUT2D eigenvalue weighted by Crippen LogP contribution is -2.33. The molecule has 7 heteroatoms. The van der Waals surface area contributed by atoms with Crippen LogP contribution in [0.15, 0.2) is 46.9 Å². The largest absolute Gasteiger partial charge is 0.481 e. The zero-order valence-corrected chi connectivity index (χ0v) is 15.7. The molecule has 2 heterocycles. The van der Waals surface area contributed by atoms with Crippen molar-refractivity contribution in [2.24, 2.45) is 7.05 Å². The minimum atomic E-state index is -0.361. The smallest absolute Gasteiger partial charge is 0.279 e. The van der Waals surface area contributed by atoms with Gasteiger partial charge in [-0.15, -0.1) is 13.0 Å². The summed E-state index contributed by atoms with van der Waals surface area (Å²) >= 11 is 1.39. The first-order valence-electron chi connectivity index (χ1n) is 8.35. The highest BCUT2D eigenvalue weighted by Gasteiger charge is 2.32. The van der Waals surface area contributed by atoms with Gasteiger partial charge in [0, 0.05) is 25.1 Å². The number of nitrogens with zero attached hydrogens (tertiary/aromatic N) is 2. The van der Waals surface area contributed by atoms with E-state index >= 15 is 0 Å². The maximum atomic E-state index is 12.7. The minimum Gasteiger partial charge on any atom is -0.481 e. The fourth-order valence-corrected chi connectivity index (χ4v) is 3.70. The van der Waals surface area contributed by atoms with Gasteiger partial charge in [0.25, 0.3) is 5.56 Å². The van der Waals surface area contributed by atoms with E-state index in [1.54, 1.807) is 29.8 Å². The second-order valence-electron chi connectivity index (χ2n) is 5.99. The Balaban J connectivity index is 2.02. The number of hydrogen-bond donors (Lipinski definition) is 1. The molecule has 1 aromatic carbocycles. The molecule has 2 aromatic rings. The average Bonchev–Trinajstić information content (AvgIpc) is 2.67. The fourth-order valence-electron chi connectivity index (χ4n) is 3.00. The summed E-state index contributed by atoms with van der Waals surface area (Å²) in [5.74, 6) is 3.67. The van der Waals surface area contributed by atoms with Crippen molar-refractivity contribution < 1.29 is 9.53 Å². The van der Waals surface area contributed by atoms with Crippen molar-refractivity contribution >= 4 is 23.5 Å². The maximum absolute atomic E-state index is 12.7. The predicted octanol–water partition coefficient (Wildman–Crippen LogP) is 2.54. The summed E-state index contributed by atoms with van der Waals surface area (Å²) in [5, 5.41) is 3.36. The Labute approximate surface area is 161 Å². The van der Waals surface area contributed by atoms with E-state index in [1.807, 2.05) is 12.1 Å². The molecule has 1 unspecified atom stereocenters. The molecule has 0 spiro atoms. The Bertz CT molecular complexity index is 974. The number of rotatable bonds is 6. The number of carbonyl (C=O) groups is 1. The van der Waals surface area contributed by atoms with E-state index in [9.17, 15) is 9.59 Å². The molecule has 1 N–H and O–H groups in total. The van der Waals surface area contributed by atoms with Crippen LogP contribution in [0.1, 0.15) is 23.5 Å². The zero-order chi connectivity index (χ0) is 19.4. The molecule has 1 aliphatic rings. The number of terminal acetylenes is 1. The number of aromatic nitrogens is 2. The van der Waals surface area contributed by atoms with E-state index in [2.05, 4.69) is 22.8 Å². The van der Waals surface area contributed by atoms with Gasteiger partial charge in [0.2, 0.25) is 5.91 Å². The molecule has 0 saturated carbocycles. The Morgan fingerprint density at radius 2 is 2.19 bits per heavy atom. The van der Waals surface area contributed by atoms with Crippen molar-refractivity contribution in [2.45, 2.75) is 17.5 Å². The second-order valence-corrected chi connectivity index (χ2v) is 6.97. The minimum absolute atomic E-state index is 0.138. The standard InChI is InChI=1S/C20H19N3O3S/c1-4-10-26-14-8-6-13(7-9-14)15-12-16(24)21-18-17(15)19(25)22-20(23(18)3)27-11-5-2/h1,5-9,15H,2,10-12H2,3H3,(H,21,24). The molecule has 1 aliphatic heterocycles. The van der Waals surface area contributed by atoms with Crippen molar-refractivity contribution in [3.05, 3.63) is 58.4 Å². The summed E-state index contributed by atoms with van der Waals surface area (Å²) in [4.78, 5) is 29.2. The molecule has 3 rings (SSSR count). The van der Waals surface area contributed by atoms with Gasteiger partial charge in [-0.05, 0) is 17.7 Å². The van der Waals surface area contributed by atoms with Crippen molar-refractivity contribution in [1.29, 1.82) is 0 Å². The molecule has 0 radical (unpaired) electrons. The van der Waals surface area contributed by atoms with Crippen LogP contribution in [0.3, 0.4) is 0 Å². The van der Waals surface area contributed by atoms with E-state index in [4.69, 9.17) is 11.2 Å². The molecule has 0 bridgehead atoms. The Hall–Kier alpha value is -2.98. The van der Waals surface area contributed by atoms with Crippen LogP contribution in [0.4, 0.5) is 5.82 Å². The van der Waals surface area contributed by atoms with Crippen molar-refractivity contribution in [1.82, 2.24) is 9.55 Å². The van der Waals surface area contributed by atoms with Gasteiger partial charge >= 0.3 is 0 Å². The lowest BCUT2D eigenvalue weighted by Gasteiger charge is -2.27. The van der Waals surface area contributed by atoms with Gasteiger partial charge in [-0.25, -0.2) is 0 Å². The molecule has 0 aliphatic carbocycles. The second kappa shape index (κ2) is 8.14. The third-order valence-electron chi connectivity index (χ3n) is 4.24. The number of hydrogen-bond acceptors (Lipinski definition) is 5. The van der Waals surface area contributed by atoms with Crippen molar-refractivity contribution in [3.8, 4) is 18.1 Å². The topological polar surface area (TPSA) is 73.2 Å². The molecular formula is C20H19N3O3S. The SMILES string of the molecule is C#CCOc1ccc(C2CC(=O)Nc3c2c(=O)nc(SCC=C)n3C)cc1. The number of fused-ring (bicyclic) bond motifs is 1. The molecule has 27 heavy (non-hydrogen) atoms. The van der Waals surface area contributed by atoms with E-state index in [1.165, 1.54) is 11.8 Å². The Morgan fingerprint density at radius 3 is 2.85 bits per heavy atom. The molecule has 1 amide bonds. The number of amides is 1. The molecule has 138 valence electrons. The lowest BCUT2D eigenvalue weighted by atomic mass is 9.87. The van der Waals surface area contributed by atoms with Crippen LogP contribution in [-0.4, -0.2) is 27.8 Å². The molecule has 1 atom stereocenters. The summed E-state index contributed by atoms with van der Waals surface area (Å²) in [5.41, 5.74) is 1.02. The Kier molecular flexibility index (Phi) is 5.67. The summed E-state index contributed by atoms with van der Waals surface area (Å²) in [6.45, 7) is 3.86. The van der Waals surface area contributed by atoms with Gasteiger partial charge in [-0.3, -0.25) is 9.59 Å². The van der Waals surface area contributed by atoms with E-state index in [0.717, 1.165) is 5.56 Å². The third kappa shape index (κ3) is 3.91. The average molecular weight is 381 g/mol. The summed E-state index contributed by atoms with van der Waals surface area (Å²) in [6, 6.07) is 7.26. The highest BCUT2D eigenvalue weighted by atomic mass is 32.2. The van der Waals surface area contributed by atoms with Gasteiger partial charge in [0.15, 0.2) is 5.16 Å². The quantitative estimate of drug-likeness (QED) is 0.360. The van der Waals surface area contributed by atoms with Crippen molar-refractivity contribution in [2.75, 3.05) is 17.7 Å². The molecule has 6 nitrogen and oxygen atoms in total. The predicted molar refractivity (Wildman–Crippen MR) is 106 cm³/mol. The zero-order valence-electron chi connectivity index (χ0n) is 14.9. The first kappa shape index (κ1) is 18.8. The number of benzene rings is 1. The van der Waals surface area contributed by atoms with E-state index in [-0.39, 0.29) is 30.4 Å². The summed E-state index contributed by atoms with van der Waals surface area (Å²) < 4.78 is 7.13. The maximum Gasteiger partial charge on any atom is 0.279 e. The first-order valence-corrected chi connectivity index (χ1v) is 9.34. The highest BCUT2D eigenvalue weighted by Crippen LogP contribution is 2.36. The normalized spacial score (nSPS) is 15.4. The molecule has 0 saturated heterocycles. The summed E-state index contributed by atoms with van der Waals surface area (Å²) in [7, 11) is 1.79. The number of nitrogens with one attached hydrogen (secondary N) is 1. The number of carbonyl (C=O) groups excluding carboxylic acids is 1. The van der Waals surface area contributed by atoms with Crippen LogP contribution >= 0.6 is 11.8 Å². The third-order valence-corrected chi connectivity index (χ3v) is 5.26. The van der Waals surface area contributed by atoms with Crippen LogP contribution in [0.5, 0.6) is 5.75 Å². The summed E-state index contributed by atoms with van der Waals surface area (Å²) in [6.07, 6.45) is 7.12. The number of anilines is 1. The van der Waals surface area contributed by atoms with E-state index < -0.39 is 0 Å². The van der Waals surface area contributed by atoms with Gasteiger partial charge in [0.1, 0.15) is 18.2 Å². The van der Waals surface area contributed by atoms with E-state index in [0.29, 0.717) is 28.0 Å². The molecule has 0 fully saturated rings. The molecular weight excluding hydrogens is 362 g/mol.